The number of aliphatic hydroxyl groups is 1. The normalized spacial score (nSPS) is 12.5. The summed E-state index contributed by atoms with van der Waals surface area (Å²) in [5.41, 5.74) is 1.99. The molecule has 0 atom stereocenters. The van der Waals surface area contributed by atoms with Crippen LogP contribution in [0.15, 0.2) is 18.0 Å². The van der Waals surface area contributed by atoms with Crippen LogP contribution in [0.25, 0.3) is 6.08 Å². The highest BCUT2D eigenvalue weighted by Crippen LogP contribution is 2.08. The van der Waals surface area contributed by atoms with Gasteiger partial charge in [0.15, 0.2) is 0 Å². The maximum Gasteiger partial charge on any atom is 0.0642 e. The van der Waals surface area contributed by atoms with E-state index in [0.717, 1.165) is 11.1 Å². The third-order valence-electron chi connectivity index (χ3n) is 1.81. The Hall–Kier alpha value is -1.09. The van der Waals surface area contributed by atoms with Crippen LogP contribution in [0.2, 0.25) is 0 Å². The predicted octanol–water partition coefficient (Wildman–Crippen LogP) is 1.86. The highest BCUT2D eigenvalue weighted by Gasteiger charge is 1.99. The van der Waals surface area contributed by atoms with E-state index in [1.807, 2.05) is 23.9 Å². The first-order chi connectivity index (χ1) is 6.13. The molecule has 3 heteroatoms. The quantitative estimate of drug-likeness (QED) is 0.771. The minimum Gasteiger partial charge on any atom is -0.392 e. The van der Waals surface area contributed by atoms with Crippen LogP contribution in [-0.4, -0.2) is 21.5 Å². The summed E-state index contributed by atoms with van der Waals surface area (Å²) in [4.78, 5) is 0. The van der Waals surface area contributed by atoms with Gasteiger partial charge in [0.25, 0.3) is 0 Å². The van der Waals surface area contributed by atoms with Gasteiger partial charge in [-0.2, -0.15) is 5.10 Å². The molecule has 0 amide bonds. The van der Waals surface area contributed by atoms with Crippen LogP contribution in [0.1, 0.15) is 32.4 Å². The minimum atomic E-state index is 0.104. The van der Waals surface area contributed by atoms with Crippen molar-refractivity contribution in [2.45, 2.75) is 26.8 Å². The van der Waals surface area contributed by atoms with Crippen LogP contribution in [0.4, 0.5) is 0 Å². The third-order valence-corrected chi connectivity index (χ3v) is 1.81. The van der Waals surface area contributed by atoms with E-state index in [2.05, 4.69) is 18.9 Å². The molecule has 72 valence electrons. The smallest absolute Gasteiger partial charge is 0.0642 e. The molecule has 1 aromatic heterocycles. The summed E-state index contributed by atoms with van der Waals surface area (Å²) in [6, 6.07) is 0.386. The minimum absolute atomic E-state index is 0.104. The molecule has 0 spiro atoms. The van der Waals surface area contributed by atoms with Crippen LogP contribution < -0.4 is 0 Å². The van der Waals surface area contributed by atoms with Crippen molar-refractivity contribution in [3.8, 4) is 0 Å². The molecule has 0 aliphatic rings. The standard InChI is InChI=1S/C10H16N2O/c1-8(2)12-6-10(5-11-12)4-9(3)7-13/h4-6,8,13H,7H2,1-3H3/b9-4-. The van der Waals surface area contributed by atoms with Crippen LogP contribution >= 0.6 is 0 Å². The molecule has 0 unspecified atom stereocenters. The van der Waals surface area contributed by atoms with Crippen molar-refractivity contribution in [3.63, 3.8) is 0 Å². The number of rotatable bonds is 3. The summed E-state index contributed by atoms with van der Waals surface area (Å²) in [5.74, 6) is 0. The van der Waals surface area contributed by atoms with Crippen molar-refractivity contribution in [1.29, 1.82) is 0 Å². The van der Waals surface area contributed by atoms with E-state index >= 15 is 0 Å². The van der Waals surface area contributed by atoms with Crippen molar-refractivity contribution in [3.05, 3.63) is 23.5 Å². The lowest BCUT2D eigenvalue weighted by Gasteiger charge is -2.02. The van der Waals surface area contributed by atoms with Gasteiger partial charge in [0.05, 0.1) is 12.8 Å². The van der Waals surface area contributed by atoms with E-state index in [1.165, 1.54) is 0 Å². The molecule has 1 heterocycles. The first-order valence-electron chi connectivity index (χ1n) is 4.45. The molecule has 0 saturated heterocycles. The molecule has 1 rings (SSSR count). The van der Waals surface area contributed by atoms with Crippen LogP contribution in [0.5, 0.6) is 0 Å². The topological polar surface area (TPSA) is 38.0 Å². The fourth-order valence-electron chi connectivity index (χ4n) is 1.04. The lowest BCUT2D eigenvalue weighted by molar-refractivity contribution is 0.332. The van der Waals surface area contributed by atoms with Crippen molar-refractivity contribution in [2.24, 2.45) is 0 Å². The summed E-state index contributed by atoms with van der Waals surface area (Å²) >= 11 is 0. The first kappa shape index (κ1) is 9.99. The second kappa shape index (κ2) is 4.23. The monoisotopic (exact) mass is 180 g/mol. The van der Waals surface area contributed by atoms with E-state index in [4.69, 9.17) is 5.11 Å². The van der Waals surface area contributed by atoms with Gasteiger partial charge in [0, 0.05) is 17.8 Å². The molecule has 0 saturated carbocycles. The van der Waals surface area contributed by atoms with Crippen molar-refractivity contribution < 1.29 is 5.11 Å². The van der Waals surface area contributed by atoms with Gasteiger partial charge in [-0.3, -0.25) is 4.68 Å². The van der Waals surface area contributed by atoms with E-state index in [0.29, 0.717) is 6.04 Å². The molecule has 13 heavy (non-hydrogen) atoms. The lowest BCUT2D eigenvalue weighted by Crippen LogP contribution is -1.99. The fourth-order valence-corrected chi connectivity index (χ4v) is 1.04. The number of hydrogen-bond donors (Lipinski definition) is 1. The molecule has 1 aromatic rings. The highest BCUT2D eigenvalue weighted by molar-refractivity contribution is 5.50. The van der Waals surface area contributed by atoms with Gasteiger partial charge >= 0.3 is 0 Å². The van der Waals surface area contributed by atoms with Gasteiger partial charge in [-0.25, -0.2) is 0 Å². The van der Waals surface area contributed by atoms with Gasteiger partial charge < -0.3 is 5.11 Å². The summed E-state index contributed by atoms with van der Waals surface area (Å²) in [6.45, 7) is 6.17. The maximum absolute atomic E-state index is 8.82. The van der Waals surface area contributed by atoms with Gasteiger partial charge in [-0.15, -0.1) is 0 Å². The molecule has 0 radical (unpaired) electrons. The Kier molecular flexibility index (Phi) is 3.25. The van der Waals surface area contributed by atoms with Crippen molar-refractivity contribution in [1.82, 2.24) is 9.78 Å². The molecular formula is C10H16N2O. The molecule has 0 aliphatic carbocycles. The molecule has 0 aliphatic heterocycles. The Morgan fingerprint density at radius 3 is 2.85 bits per heavy atom. The summed E-state index contributed by atoms with van der Waals surface area (Å²) in [5, 5.41) is 13.0. The van der Waals surface area contributed by atoms with Gasteiger partial charge in [0.2, 0.25) is 0 Å². The van der Waals surface area contributed by atoms with Crippen molar-refractivity contribution in [2.75, 3.05) is 6.61 Å². The largest absolute Gasteiger partial charge is 0.392 e. The zero-order chi connectivity index (χ0) is 9.84. The Bertz CT molecular complexity index is 300. The zero-order valence-electron chi connectivity index (χ0n) is 8.36. The summed E-state index contributed by atoms with van der Waals surface area (Å²) < 4.78 is 1.90. The van der Waals surface area contributed by atoms with Gasteiger partial charge in [0.1, 0.15) is 0 Å². The highest BCUT2D eigenvalue weighted by atomic mass is 16.3. The molecule has 0 bridgehead atoms. The zero-order valence-corrected chi connectivity index (χ0v) is 8.36. The third kappa shape index (κ3) is 2.70. The Balaban J connectivity index is 2.80. The fraction of sp³-hybridized carbons (Fsp3) is 0.500. The number of aliphatic hydroxyl groups excluding tert-OH is 1. The van der Waals surface area contributed by atoms with Crippen LogP contribution in [0, 0.1) is 0 Å². The number of aromatic nitrogens is 2. The average Bonchev–Trinajstić information content (AvgIpc) is 2.52. The average molecular weight is 180 g/mol. The Morgan fingerprint density at radius 2 is 2.38 bits per heavy atom. The second-order valence-corrected chi connectivity index (χ2v) is 3.50. The Morgan fingerprint density at radius 1 is 1.69 bits per heavy atom. The first-order valence-corrected chi connectivity index (χ1v) is 4.45. The molecule has 3 nitrogen and oxygen atoms in total. The number of hydrogen-bond acceptors (Lipinski definition) is 2. The van der Waals surface area contributed by atoms with Gasteiger partial charge in [-0.1, -0.05) is 6.08 Å². The van der Waals surface area contributed by atoms with Crippen LogP contribution in [0.3, 0.4) is 0 Å². The second-order valence-electron chi connectivity index (χ2n) is 3.50. The molecular weight excluding hydrogens is 164 g/mol. The SMILES string of the molecule is C/C(=C/c1cnn(C(C)C)c1)CO. The predicted molar refractivity (Wildman–Crippen MR) is 53.3 cm³/mol. The Labute approximate surface area is 78.7 Å². The summed E-state index contributed by atoms with van der Waals surface area (Å²) in [6.07, 6.45) is 5.72. The maximum atomic E-state index is 8.82. The van der Waals surface area contributed by atoms with Gasteiger partial charge in [-0.05, 0) is 26.3 Å². The van der Waals surface area contributed by atoms with E-state index in [-0.39, 0.29) is 6.61 Å². The van der Waals surface area contributed by atoms with Crippen molar-refractivity contribution >= 4 is 6.08 Å². The lowest BCUT2D eigenvalue weighted by atomic mass is 10.2. The van der Waals surface area contributed by atoms with E-state index in [1.54, 1.807) is 6.20 Å². The van der Waals surface area contributed by atoms with E-state index in [9.17, 15) is 0 Å². The molecule has 0 aromatic carbocycles. The molecule has 1 N–H and O–H groups in total. The summed E-state index contributed by atoms with van der Waals surface area (Å²) in [7, 11) is 0. The number of nitrogens with zero attached hydrogens (tertiary/aromatic N) is 2. The molecule has 0 fully saturated rings. The van der Waals surface area contributed by atoms with Crippen LogP contribution in [-0.2, 0) is 0 Å². The van der Waals surface area contributed by atoms with E-state index < -0.39 is 0 Å².